The molecule has 2 rings (SSSR count). The van der Waals surface area contributed by atoms with Crippen LogP contribution in [0.4, 0.5) is 5.69 Å². The molecule has 0 aromatic heterocycles. The lowest BCUT2D eigenvalue weighted by Gasteiger charge is -2.18. The van der Waals surface area contributed by atoms with Gasteiger partial charge in [0.05, 0.1) is 15.7 Å². The predicted molar refractivity (Wildman–Crippen MR) is 79.4 cm³/mol. The number of hydrogen-bond acceptors (Lipinski definition) is 3. The zero-order chi connectivity index (χ0) is 14.5. The van der Waals surface area contributed by atoms with Gasteiger partial charge < -0.3 is 4.74 Å². The second kappa shape index (κ2) is 6.29. The summed E-state index contributed by atoms with van der Waals surface area (Å²) in [6, 6.07) is 13.2. The van der Waals surface area contributed by atoms with Gasteiger partial charge in [-0.2, -0.15) is 10.2 Å². The van der Waals surface area contributed by atoms with Crippen molar-refractivity contribution in [2.24, 2.45) is 0 Å². The number of nitriles is 1. The molecule has 0 atom stereocenters. The Hall–Kier alpha value is -2.22. The van der Waals surface area contributed by atoms with Crippen LogP contribution in [-0.2, 0) is 0 Å². The van der Waals surface area contributed by atoms with Crippen molar-refractivity contribution >= 4 is 34.9 Å². The number of halogens is 2. The first-order chi connectivity index (χ1) is 9.63. The minimum absolute atomic E-state index is 0.222. The smallest absolute Gasteiger partial charge is 0.308 e. The second-order valence-electron chi connectivity index (χ2n) is 3.73. The van der Waals surface area contributed by atoms with E-state index in [0.717, 1.165) is 4.90 Å². The average Bonchev–Trinajstić information content (AvgIpc) is 2.44. The largest absolute Gasteiger partial charge is 0.425 e. The molecule has 0 aliphatic rings. The highest BCUT2D eigenvalue weighted by Crippen LogP contribution is 2.33. The fraction of sp³-hybridized carbons (Fsp3) is 0. The maximum Gasteiger partial charge on any atom is 0.308 e. The molecule has 0 heterocycles. The lowest BCUT2D eigenvalue weighted by Crippen LogP contribution is -2.30. The first kappa shape index (κ1) is 14.2. The molecule has 2 aromatic rings. The Labute approximate surface area is 126 Å². The van der Waals surface area contributed by atoms with Crippen molar-refractivity contribution in [3.63, 3.8) is 0 Å². The monoisotopic (exact) mass is 305 g/mol. The fourth-order valence-corrected chi connectivity index (χ4v) is 2.11. The lowest BCUT2D eigenvalue weighted by atomic mass is 10.3. The van der Waals surface area contributed by atoms with E-state index < -0.39 is 0 Å². The van der Waals surface area contributed by atoms with Gasteiger partial charge in [-0.25, -0.2) is 5.41 Å². The molecule has 0 spiro atoms. The van der Waals surface area contributed by atoms with E-state index in [2.05, 4.69) is 0 Å². The summed E-state index contributed by atoms with van der Waals surface area (Å²) in [6.07, 6.45) is 1.83. The summed E-state index contributed by atoms with van der Waals surface area (Å²) >= 11 is 12.0. The third-order valence-corrected chi connectivity index (χ3v) is 3.03. The van der Waals surface area contributed by atoms with Gasteiger partial charge in [-0.05, 0) is 24.3 Å². The van der Waals surface area contributed by atoms with Gasteiger partial charge in [0.1, 0.15) is 5.75 Å². The van der Waals surface area contributed by atoms with Crippen molar-refractivity contribution in [1.29, 1.82) is 10.7 Å². The summed E-state index contributed by atoms with van der Waals surface area (Å²) in [5.74, 6) is 0.445. The zero-order valence-electron chi connectivity index (χ0n) is 10.2. The highest BCUT2D eigenvalue weighted by molar-refractivity contribution is 6.40. The molecule has 0 amide bonds. The number of amidine groups is 1. The van der Waals surface area contributed by atoms with E-state index in [-0.39, 0.29) is 21.8 Å². The topological polar surface area (TPSA) is 60.1 Å². The maximum absolute atomic E-state index is 9.21. The van der Waals surface area contributed by atoms with Gasteiger partial charge in [-0.15, -0.1) is 0 Å². The SMILES string of the molecule is N#CN(C(=N)Oc1ccccc1)c1c(Cl)cccc1Cl. The van der Waals surface area contributed by atoms with Crippen LogP contribution in [0, 0.1) is 16.9 Å². The van der Waals surface area contributed by atoms with Crippen molar-refractivity contribution < 1.29 is 4.74 Å². The number of benzene rings is 2. The number of nitrogens with zero attached hydrogens (tertiary/aromatic N) is 2. The zero-order valence-corrected chi connectivity index (χ0v) is 11.7. The molecular weight excluding hydrogens is 297 g/mol. The summed E-state index contributed by atoms with van der Waals surface area (Å²) in [6.45, 7) is 0. The summed E-state index contributed by atoms with van der Waals surface area (Å²) in [5, 5.41) is 17.6. The molecule has 1 N–H and O–H groups in total. The Morgan fingerprint density at radius 3 is 2.20 bits per heavy atom. The normalized spacial score (nSPS) is 9.65. The van der Waals surface area contributed by atoms with Gasteiger partial charge in [0.2, 0.25) is 0 Å². The van der Waals surface area contributed by atoms with Crippen LogP contribution >= 0.6 is 23.2 Å². The van der Waals surface area contributed by atoms with Crippen LogP contribution < -0.4 is 9.64 Å². The number of anilines is 1. The van der Waals surface area contributed by atoms with Gasteiger partial charge in [0, 0.05) is 0 Å². The Morgan fingerprint density at radius 2 is 1.65 bits per heavy atom. The third kappa shape index (κ3) is 3.02. The molecule has 0 fully saturated rings. The molecule has 2 aromatic carbocycles. The second-order valence-corrected chi connectivity index (χ2v) is 4.54. The molecule has 0 aliphatic heterocycles. The van der Waals surface area contributed by atoms with Gasteiger partial charge in [-0.3, -0.25) is 0 Å². The molecule has 0 unspecified atom stereocenters. The summed E-state index contributed by atoms with van der Waals surface area (Å²) in [4.78, 5) is 0.928. The molecule has 0 saturated heterocycles. The summed E-state index contributed by atoms with van der Waals surface area (Å²) < 4.78 is 5.30. The predicted octanol–water partition coefficient (Wildman–Crippen LogP) is 4.29. The minimum Gasteiger partial charge on any atom is -0.425 e. The first-order valence-corrected chi connectivity index (χ1v) is 6.34. The van der Waals surface area contributed by atoms with Crippen LogP contribution in [0.5, 0.6) is 5.75 Å². The van der Waals surface area contributed by atoms with E-state index in [9.17, 15) is 5.26 Å². The Morgan fingerprint density at radius 1 is 1.05 bits per heavy atom. The lowest BCUT2D eigenvalue weighted by molar-refractivity contribution is 0.535. The standard InChI is InChI=1S/C14H9Cl2N3O/c15-11-7-4-8-12(16)13(11)19(9-17)14(18)20-10-5-2-1-3-6-10/h1-8,18H. The van der Waals surface area contributed by atoms with Crippen LogP contribution in [0.25, 0.3) is 0 Å². The highest BCUT2D eigenvalue weighted by Gasteiger charge is 2.20. The maximum atomic E-state index is 9.21. The first-order valence-electron chi connectivity index (χ1n) is 5.59. The van der Waals surface area contributed by atoms with Crippen molar-refractivity contribution in [1.82, 2.24) is 0 Å². The number of ether oxygens (including phenoxy) is 1. The quantitative estimate of drug-likeness (QED) is 0.389. The van der Waals surface area contributed by atoms with E-state index in [1.165, 1.54) is 0 Å². The van der Waals surface area contributed by atoms with E-state index in [1.54, 1.807) is 42.5 Å². The molecule has 0 aliphatic carbocycles. The van der Waals surface area contributed by atoms with Gasteiger partial charge in [-0.1, -0.05) is 47.5 Å². The summed E-state index contributed by atoms with van der Waals surface area (Å²) in [7, 11) is 0. The molecule has 0 bridgehead atoms. The van der Waals surface area contributed by atoms with Crippen molar-refractivity contribution in [2.45, 2.75) is 0 Å². The average molecular weight is 306 g/mol. The number of nitrogens with one attached hydrogen (secondary N) is 1. The van der Waals surface area contributed by atoms with Crippen LogP contribution in [0.1, 0.15) is 0 Å². The van der Waals surface area contributed by atoms with Crippen LogP contribution in [0.2, 0.25) is 10.0 Å². The molecule has 0 saturated carbocycles. The molecule has 6 heteroatoms. The Balaban J connectivity index is 2.29. The van der Waals surface area contributed by atoms with Crippen molar-refractivity contribution in [3.05, 3.63) is 58.6 Å². The van der Waals surface area contributed by atoms with Gasteiger partial charge in [0.25, 0.3) is 0 Å². The number of rotatable bonds is 2. The molecule has 100 valence electrons. The third-order valence-electron chi connectivity index (χ3n) is 2.42. The van der Waals surface area contributed by atoms with Crippen LogP contribution in [0.3, 0.4) is 0 Å². The van der Waals surface area contributed by atoms with Gasteiger partial charge in [0.15, 0.2) is 6.19 Å². The molecule has 0 radical (unpaired) electrons. The van der Waals surface area contributed by atoms with E-state index in [1.807, 2.05) is 12.3 Å². The van der Waals surface area contributed by atoms with Crippen molar-refractivity contribution in [3.8, 4) is 11.9 Å². The summed E-state index contributed by atoms with van der Waals surface area (Å²) in [5.41, 5.74) is 0.222. The number of hydrogen-bond donors (Lipinski definition) is 1. The van der Waals surface area contributed by atoms with E-state index >= 15 is 0 Å². The Bertz CT molecular complexity index is 648. The van der Waals surface area contributed by atoms with E-state index in [4.69, 9.17) is 33.3 Å². The molecular formula is C14H9Cl2N3O. The number of para-hydroxylation sites is 2. The molecule has 20 heavy (non-hydrogen) atoms. The highest BCUT2D eigenvalue weighted by atomic mass is 35.5. The van der Waals surface area contributed by atoms with Crippen LogP contribution in [-0.4, -0.2) is 6.02 Å². The van der Waals surface area contributed by atoms with E-state index in [0.29, 0.717) is 5.75 Å². The minimum atomic E-state index is -0.381. The molecule has 4 nitrogen and oxygen atoms in total. The van der Waals surface area contributed by atoms with Crippen LogP contribution in [0.15, 0.2) is 48.5 Å². The Kier molecular flexibility index (Phi) is 4.46. The van der Waals surface area contributed by atoms with Crippen molar-refractivity contribution in [2.75, 3.05) is 4.90 Å². The van der Waals surface area contributed by atoms with Gasteiger partial charge >= 0.3 is 6.02 Å². The fourth-order valence-electron chi connectivity index (χ4n) is 1.55.